The molecular formula is C18H24N4O3. The van der Waals surface area contributed by atoms with Crippen LogP contribution in [0.15, 0.2) is 22.7 Å². The maximum atomic E-state index is 13.1. The minimum absolute atomic E-state index is 0.0244. The Morgan fingerprint density at radius 2 is 2.16 bits per heavy atom. The molecule has 2 unspecified atom stereocenters. The molecule has 0 aromatic carbocycles. The van der Waals surface area contributed by atoms with Crippen LogP contribution in [0.1, 0.15) is 66.2 Å². The number of rotatable bonds is 3. The standard InChI is InChI=1S/C18H24N4O3/c1-13-6-7-17(25-13)16-5-3-2-4-9-21(16)18(23)15-11-22(20-19-15)14-8-10-24-12-14/h6-7,11,14,16H,2-5,8-10,12H2,1H3. The molecule has 2 saturated heterocycles. The molecule has 4 heterocycles. The number of carbonyl (C=O) groups is 1. The zero-order valence-electron chi connectivity index (χ0n) is 14.6. The lowest BCUT2D eigenvalue weighted by atomic mass is 10.1. The second-order valence-corrected chi connectivity index (χ2v) is 6.91. The van der Waals surface area contributed by atoms with Crippen molar-refractivity contribution < 1.29 is 13.9 Å². The van der Waals surface area contributed by atoms with Crippen LogP contribution in [0.25, 0.3) is 0 Å². The summed E-state index contributed by atoms with van der Waals surface area (Å²) >= 11 is 0. The predicted molar refractivity (Wildman–Crippen MR) is 90.2 cm³/mol. The van der Waals surface area contributed by atoms with Crippen LogP contribution in [0.2, 0.25) is 0 Å². The van der Waals surface area contributed by atoms with Gasteiger partial charge < -0.3 is 14.1 Å². The van der Waals surface area contributed by atoms with Crippen molar-refractivity contribution in [1.29, 1.82) is 0 Å². The van der Waals surface area contributed by atoms with E-state index in [9.17, 15) is 4.79 Å². The fraction of sp³-hybridized carbons (Fsp3) is 0.611. The fourth-order valence-corrected chi connectivity index (χ4v) is 3.71. The van der Waals surface area contributed by atoms with Crippen LogP contribution in [0.5, 0.6) is 0 Å². The van der Waals surface area contributed by atoms with Gasteiger partial charge in [0.15, 0.2) is 5.69 Å². The van der Waals surface area contributed by atoms with Gasteiger partial charge in [0.2, 0.25) is 0 Å². The van der Waals surface area contributed by atoms with E-state index in [0.29, 0.717) is 12.3 Å². The lowest BCUT2D eigenvalue weighted by Gasteiger charge is -2.27. The van der Waals surface area contributed by atoms with Gasteiger partial charge in [0, 0.05) is 13.2 Å². The predicted octanol–water partition coefficient (Wildman–Crippen LogP) is 2.90. The van der Waals surface area contributed by atoms with E-state index in [-0.39, 0.29) is 18.0 Å². The smallest absolute Gasteiger partial charge is 0.276 e. The Balaban J connectivity index is 1.57. The number of carbonyl (C=O) groups excluding carboxylic acids is 1. The van der Waals surface area contributed by atoms with Crippen LogP contribution in [-0.4, -0.2) is 45.6 Å². The Bertz CT molecular complexity index is 732. The molecule has 0 spiro atoms. The highest BCUT2D eigenvalue weighted by Gasteiger charge is 2.31. The number of aryl methyl sites for hydroxylation is 1. The number of nitrogens with zero attached hydrogens (tertiary/aromatic N) is 4. The third kappa shape index (κ3) is 3.33. The lowest BCUT2D eigenvalue weighted by molar-refractivity contribution is 0.0651. The first-order valence-corrected chi connectivity index (χ1v) is 9.09. The maximum absolute atomic E-state index is 13.1. The monoisotopic (exact) mass is 344 g/mol. The Kier molecular flexibility index (Phi) is 4.57. The van der Waals surface area contributed by atoms with Crippen molar-refractivity contribution >= 4 is 5.91 Å². The molecule has 2 atom stereocenters. The summed E-state index contributed by atoms with van der Waals surface area (Å²) in [5.41, 5.74) is 0.405. The molecule has 0 aliphatic carbocycles. The number of furan rings is 1. The summed E-state index contributed by atoms with van der Waals surface area (Å²) in [6, 6.07) is 4.10. The van der Waals surface area contributed by atoms with Crippen LogP contribution in [0.4, 0.5) is 0 Å². The molecule has 4 rings (SSSR count). The van der Waals surface area contributed by atoms with Gasteiger partial charge in [0.1, 0.15) is 11.5 Å². The molecular weight excluding hydrogens is 320 g/mol. The van der Waals surface area contributed by atoms with E-state index in [0.717, 1.165) is 56.8 Å². The average molecular weight is 344 g/mol. The van der Waals surface area contributed by atoms with Crippen LogP contribution >= 0.6 is 0 Å². The van der Waals surface area contributed by atoms with Gasteiger partial charge in [-0.2, -0.15) is 0 Å². The zero-order valence-corrected chi connectivity index (χ0v) is 14.6. The third-order valence-electron chi connectivity index (χ3n) is 5.11. The Hall–Kier alpha value is -2.15. The highest BCUT2D eigenvalue weighted by molar-refractivity contribution is 5.92. The van der Waals surface area contributed by atoms with E-state index in [1.165, 1.54) is 0 Å². The van der Waals surface area contributed by atoms with E-state index >= 15 is 0 Å². The van der Waals surface area contributed by atoms with Crippen LogP contribution in [-0.2, 0) is 4.74 Å². The topological polar surface area (TPSA) is 73.4 Å². The van der Waals surface area contributed by atoms with Crippen LogP contribution in [0.3, 0.4) is 0 Å². The van der Waals surface area contributed by atoms with Crippen molar-refractivity contribution in [3.63, 3.8) is 0 Å². The SMILES string of the molecule is Cc1ccc(C2CCCCCN2C(=O)c2cn(C3CCOC3)nn2)o1. The second kappa shape index (κ2) is 7.00. The minimum atomic E-state index is -0.0638. The summed E-state index contributed by atoms with van der Waals surface area (Å²) in [5.74, 6) is 1.68. The van der Waals surface area contributed by atoms with Gasteiger partial charge in [-0.15, -0.1) is 5.10 Å². The summed E-state index contributed by atoms with van der Waals surface area (Å²) in [7, 11) is 0. The van der Waals surface area contributed by atoms with Gasteiger partial charge in [-0.1, -0.05) is 18.1 Å². The van der Waals surface area contributed by atoms with Gasteiger partial charge in [-0.3, -0.25) is 4.79 Å². The number of likely N-dealkylation sites (tertiary alicyclic amines) is 1. The van der Waals surface area contributed by atoms with E-state index < -0.39 is 0 Å². The highest BCUT2D eigenvalue weighted by atomic mass is 16.5. The first-order chi connectivity index (χ1) is 12.2. The number of amides is 1. The molecule has 2 aromatic heterocycles. The van der Waals surface area contributed by atoms with Gasteiger partial charge in [0.25, 0.3) is 5.91 Å². The third-order valence-corrected chi connectivity index (χ3v) is 5.11. The van der Waals surface area contributed by atoms with Gasteiger partial charge in [0.05, 0.1) is 24.9 Å². The van der Waals surface area contributed by atoms with E-state index in [2.05, 4.69) is 10.3 Å². The molecule has 0 radical (unpaired) electrons. The van der Waals surface area contributed by atoms with Crippen molar-refractivity contribution in [3.05, 3.63) is 35.5 Å². The molecule has 7 nitrogen and oxygen atoms in total. The fourth-order valence-electron chi connectivity index (χ4n) is 3.71. The van der Waals surface area contributed by atoms with Crippen molar-refractivity contribution in [2.75, 3.05) is 19.8 Å². The van der Waals surface area contributed by atoms with Crippen LogP contribution in [0, 0.1) is 6.92 Å². The van der Waals surface area contributed by atoms with Crippen LogP contribution < -0.4 is 0 Å². The molecule has 2 aliphatic heterocycles. The highest BCUT2D eigenvalue weighted by Crippen LogP contribution is 2.32. The molecule has 0 N–H and O–H groups in total. The maximum Gasteiger partial charge on any atom is 0.276 e. The molecule has 0 bridgehead atoms. The zero-order chi connectivity index (χ0) is 17.2. The summed E-state index contributed by atoms with van der Waals surface area (Å²) in [5, 5.41) is 8.29. The van der Waals surface area contributed by atoms with E-state index in [1.807, 2.05) is 24.0 Å². The van der Waals surface area contributed by atoms with E-state index in [4.69, 9.17) is 9.15 Å². The largest absolute Gasteiger partial charge is 0.464 e. The number of hydrogen-bond acceptors (Lipinski definition) is 5. The molecule has 1 amide bonds. The molecule has 0 saturated carbocycles. The molecule has 7 heteroatoms. The summed E-state index contributed by atoms with van der Waals surface area (Å²) < 4.78 is 13.0. The minimum Gasteiger partial charge on any atom is -0.464 e. The Labute approximate surface area is 146 Å². The van der Waals surface area contributed by atoms with Gasteiger partial charge in [-0.25, -0.2) is 4.68 Å². The molecule has 2 fully saturated rings. The Morgan fingerprint density at radius 3 is 2.92 bits per heavy atom. The normalized spacial score (nSPS) is 24.4. The van der Waals surface area contributed by atoms with E-state index in [1.54, 1.807) is 10.9 Å². The summed E-state index contributed by atoms with van der Waals surface area (Å²) in [6.45, 7) is 4.03. The molecule has 25 heavy (non-hydrogen) atoms. The average Bonchev–Trinajstić information content (AvgIpc) is 3.33. The first kappa shape index (κ1) is 16.3. The number of hydrogen-bond donors (Lipinski definition) is 0. The van der Waals surface area contributed by atoms with Crippen molar-refractivity contribution in [3.8, 4) is 0 Å². The first-order valence-electron chi connectivity index (χ1n) is 9.09. The van der Waals surface area contributed by atoms with Gasteiger partial charge in [-0.05, 0) is 38.3 Å². The number of ether oxygens (including phenoxy) is 1. The number of aromatic nitrogens is 3. The van der Waals surface area contributed by atoms with Gasteiger partial charge >= 0.3 is 0 Å². The second-order valence-electron chi connectivity index (χ2n) is 6.91. The lowest BCUT2D eigenvalue weighted by Crippen LogP contribution is -2.35. The molecule has 2 aromatic rings. The molecule has 134 valence electrons. The quantitative estimate of drug-likeness (QED) is 0.856. The molecule has 2 aliphatic rings. The summed E-state index contributed by atoms with van der Waals surface area (Å²) in [6.07, 6.45) is 6.83. The van der Waals surface area contributed by atoms with Crippen molar-refractivity contribution in [1.82, 2.24) is 19.9 Å². The van der Waals surface area contributed by atoms with Crippen molar-refractivity contribution in [2.24, 2.45) is 0 Å². The van der Waals surface area contributed by atoms with Crippen molar-refractivity contribution in [2.45, 2.75) is 51.1 Å². The summed E-state index contributed by atoms with van der Waals surface area (Å²) in [4.78, 5) is 15.0. The Morgan fingerprint density at radius 1 is 1.24 bits per heavy atom.